The summed E-state index contributed by atoms with van der Waals surface area (Å²) in [5.74, 6) is 0. The van der Waals surface area contributed by atoms with E-state index >= 15 is 0 Å². The van der Waals surface area contributed by atoms with E-state index in [0.717, 1.165) is 5.56 Å². The van der Waals surface area contributed by atoms with E-state index in [-0.39, 0.29) is 0 Å². The first-order valence-electron chi connectivity index (χ1n) is 5.84. The van der Waals surface area contributed by atoms with Crippen LogP contribution in [0, 0.1) is 0 Å². The van der Waals surface area contributed by atoms with Crippen molar-refractivity contribution in [2.75, 3.05) is 6.61 Å². The Balaban J connectivity index is 2.13. The van der Waals surface area contributed by atoms with Crippen LogP contribution in [0.2, 0.25) is 0 Å². The van der Waals surface area contributed by atoms with Crippen LogP contribution in [-0.4, -0.2) is 6.61 Å². The zero-order valence-electron chi connectivity index (χ0n) is 9.97. The van der Waals surface area contributed by atoms with E-state index in [2.05, 4.69) is 48.5 Å². The lowest BCUT2D eigenvalue weighted by Crippen LogP contribution is -1.79. The zero-order chi connectivity index (χ0) is 11.9. The molecule has 0 spiro atoms. The van der Waals surface area contributed by atoms with Gasteiger partial charge in [-0.25, -0.2) is 0 Å². The second-order valence-corrected chi connectivity index (χ2v) is 3.75. The molecule has 0 bridgehead atoms. The number of rotatable bonds is 4. The normalized spacial score (nSPS) is 10.6. The third-order valence-electron chi connectivity index (χ3n) is 2.54. The molecule has 0 aromatic heterocycles. The average Bonchev–Trinajstić information content (AvgIpc) is 2.41. The number of hydrogen-bond donors (Lipinski definition) is 0. The smallest absolute Gasteiger partial charge is 0.0845 e. The SMILES string of the molecule is CCO/C=C/c1ccc(-c2ccccc2)cc1. The summed E-state index contributed by atoms with van der Waals surface area (Å²) in [5, 5.41) is 0. The Labute approximate surface area is 102 Å². The molecule has 2 aromatic carbocycles. The Morgan fingerprint density at radius 3 is 2.18 bits per heavy atom. The third-order valence-corrected chi connectivity index (χ3v) is 2.54. The standard InChI is InChI=1S/C16H16O/c1-2-17-13-12-14-8-10-16(11-9-14)15-6-4-3-5-7-15/h3-13H,2H2,1H3/b13-12+. The second-order valence-electron chi connectivity index (χ2n) is 3.75. The summed E-state index contributed by atoms with van der Waals surface area (Å²) in [4.78, 5) is 0. The highest BCUT2D eigenvalue weighted by Crippen LogP contribution is 2.19. The quantitative estimate of drug-likeness (QED) is 0.701. The topological polar surface area (TPSA) is 9.23 Å². The van der Waals surface area contributed by atoms with Gasteiger partial charge in [0.2, 0.25) is 0 Å². The van der Waals surface area contributed by atoms with Gasteiger partial charge in [0.15, 0.2) is 0 Å². The molecule has 2 aromatic rings. The van der Waals surface area contributed by atoms with Crippen molar-refractivity contribution >= 4 is 6.08 Å². The molecule has 0 aliphatic heterocycles. The Kier molecular flexibility index (Phi) is 3.98. The van der Waals surface area contributed by atoms with E-state index in [1.165, 1.54) is 11.1 Å². The summed E-state index contributed by atoms with van der Waals surface area (Å²) in [6.07, 6.45) is 3.70. The lowest BCUT2D eigenvalue weighted by atomic mass is 10.0. The summed E-state index contributed by atoms with van der Waals surface area (Å²) < 4.78 is 5.17. The molecular weight excluding hydrogens is 208 g/mol. The summed E-state index contributed by atoms with van der Waals surface area (Å²) >= 11 is 0. The molecule has 0 aliphatic rings. The number of hydrogen-bond acceptors (Lipinski definition) is 1. The summed E-state index contributed by atoms with van der Waals surface area (Å²) in [5.41, 5.74) is 3.63. The first-order valence-corrected chi connectivity index (χ1v) is 5.84. The van der Waals surface area contributed by atoms with Crippen LogP contribution in [0.25, 0.3) is 17.2 Å². The fourth-order valence-corrected chi connectivity index (χ4v) is 1.64. The largest absolute Gasteiger partial charge is 0.501 e. The van der Waals surface area contributed by atoms with Gasteiger partial charge in [0.25, 0.3) is 0 Å². The van der Waals surface area contributed by atoms with Gasteiger partial charge in [0.1, 0.15) is 0 Å². The highest BCUT2D eigenvalue weighted by atomic mass is 16.5. The lowest BCUT2D eigenvalue weighted by Gasteiger charge is -2.01. The van der Waals surface area contributed by atoms with Gasteiger partial charge in [0, 0.05) is 0 Å². The maximum Gasteiger partial charge on any atom is 0.0845 e. The molecule has 0 heterocycles. The van der Waals surface area contributed by atoms with Crippen molar-refractivity contribution in [1.29, 1.82) is 0 Å². The molecule has 0 unspecified atom stereocenters. The van der Waals surface area contributed by atoms with E-state index in [0.29, 0.717) is 6.61 Å². The van der Waals surface area contributed by atoms with Crippen molar-refractivity contribution in [2.45, 2.75) is 6.92 Å². The van der Waals surface area contributed by atoms with Gasteiger partial charge in [-0.1, -0.05) is 54.6 Å². The molecule has 2 rings (SSSR count). The van der Waals surface area contributed by atoms with Gasteiger partial charge in [-0.15, -0.1) is 0 Å². The Morgan fingerprint density at radius 1 is 0.882 bits per heavy atom. The molecule has 0 saturated carbocycles. The summed E-state index contributed by atoms with van der Waals surface area (Å²) in [7, 11) is 0. The van der Waals surface area contributed by atoms with Crippen LogP contribution in [0.5, 0.6) is 0 Å². The van der Waals surface area contributed by atoms with Gasteiger partial charge in [0.05, 0.1) is 12.9 Å². The van der Waals surface area contributed by atoms with Gasteiger partial charge >= 0.3 is 0 Å². The fourth-order valence-electron chi connectivity index (χ4n) is 1.64. The molecule has 1 heteroatoms. The Hall–Kier alpha value is -2.02. The molecule has 0 atom stereocenters. The van der Waals surface area contributed by atoms with Crippen molar-refractivity contribution in [1.82, 2.24) is 0 Å². The van der Waals surface area contributed by atoms with Crippen LogP contribution in [0.15, 0.2) is 60.9 Å². The maximum absolute atomic E-state index is 5.17. The second kappa shape index (κ2) is 5.90. The van der Waals surface area contributed by atoms with Gasteiger partial charge in [-0.2, -0.15) is 0 Å². The van der Waals surface area contributed by atoms with Crippen molar-refractivity contribution in [3.05, 3.63) is 66.4 Å². The molecule has 0 saturated heterocycles. The summed E-state index contributed by atoms with van der Waals surface area (Å²) in [6.45, 7) is 2.68. The van der Waals surface area contributed by atoms with Crippen molar-refractivity contribution in [3.63, 3.8) is 0 Å². The Bertz CT molecular complexity index is 469. The third kappa shape index (κ3) is 3.22. The molecule has 0 aliphatic carbocycles. The van der Waals surface area contributed by atoms with Crippen LogP contribution in [0.1, 0.15) is 12.5 Å². The minimum absolute atomic E-state index is 0.707. The van der Waals surface area contributed by atoms with Gasteiger partial charge in [-0.3, -0.25) is 0 Å². The van der Waals surface area contributed by atoms with Gasteiger partial charge < -0.3 is 4.74 Å². The highest BCUT2D eigenvalue weighted by Gasteiger charge is 1.95. The average molecular weight is 224 g/mol. The zero-order valence-corrected chi connectivity index (χ0v) is 9.97. The predicted molar refractivity (Wildman–Crippen MR) is 72.5 cm³/mol. The van der Waals surface area contributed by atoms with Crippen molar-refractivity contribution in [3.8, 4) is 11.1 Å². The van der Waals surface area contributed by atoms with Crippen LogP contribution in [-0.2, 0) is 4.74 Å². The lowest BCUT2D eigenvalue weighted by molar-refractivity contribution is 0.272. The molecule has 17 heavy (non-hydrogen) atoms. The van der Waals surface area contributed by atoms with Crippen LogP contribution < -0.4 is 0 Å². The van der Waals surface area contributed by atoms with E-state index in [1.807, 2.05) is 19.1 Å². The molecule has 0 radical (unpaired) electrons. The first-order chi connectivity index (χ1) is 8.40. The predicted octanol–water partition coefficient (Wildman–Crippen LogP) is 4.36. The van der Waals surface area contributed by atoms with Crippen LogP contribution >= 0.6 is 0 Å². The van der Waals surface area contributed by atoms with Crippen molar-refractivity contribution in [2.24, 2.45) is 0 Å². The molecule has 86 valence electrons. The van der Waals surface area contributed by atoms with E-state index < -0.39 is 0 Å². The molecule has 0 N–H and O–H groups in total. The Morgan fingerprint density at radius 2 is 1.53 bits per heavy atom. The van der Waals surface area contributed by atoms with Crippen LogP contribution in [0.4, 0.5) is 0 Å². The monoisotopic (exact) mass is 224 g/mol. The number of benzene rings is 2. The van der Waals surface area contributed by atoms with E-state index in [4.69, 9.17) is 4.74 Å². The summed E-state index contributed by atoms with van der Waals surface area (Å²) in [6, 6.07) is 18.8. The van der Waals surface area contributed by atoms with Crippen molar-refractivity contribution < 1.29 is 4.74 Å². The van der Waals surface area contributed by atoms with Crippen LogP contribution in [0.3, 0.4) is 0 Å². The minimum atomic E-state index is 0.707. The first kappa shape index (κ1) is 11.5. The van der Waals surface area contributed by atoms with E-state index in [9.17, 15) is 0 Å². The molecule has 0 amide bonds. The number of ether oxygens (including phenoxy) is 1. The fraction of sp³-hybridized carbons (Fsp3) is 0.125. The maximum atomic E-state index is 5.17. The molecule has 0 fully saturated rings. The molecule has 1 nitrogen and oxygen atoms in total. The highest BCUT2D eigenvalue weighted by molar-refractivity contribution is 5.65. The molecular formula is C16H16O. The van der Waals surface area contributed by atoms with E-state index in [1.54, 1.807) is 6.26 Å². The van der Waals surface area contributed by atoms with Gasteiger partial charge in [-0.05, 0) is 29.7 Å². The minimum Gasteiger partial charge on any atom is -0.501 e.